The quantitative estimate of drug-likeness (QED) is 0.165. The minimum Gasteiger partial charge on any atom is -0.457 e. The SMILES string of the molecule is c1ccc(-c2ccccc2-c2ccccc2-c2ccccc2N(c2ccc3c(c2)C2(c4ccccc4Oc4ccccc42)c2ccccc2-3)c2cccc3sc4ccccc4c23)cc1. The van der Waals surface area contributed by atoms with Crippen molar-refractivity contribution in [3.63, 3.8) is 0 Å². The zero-order chi connectivity index (χ0) is 42.2. The number of thiophene rings is 1. The highest BCUT2D eigenvalue weighted by Crippen LogP contribution is 2.63. The summed E-state index contributed by atoms with van der Waals surface area (Å²) in [6.07, 6.45) is 0. The first kappa shape index (κ1) is 36.7. The Morgan fingerprint density at radius 1 is 0.344 bits per heavy atom. The molecule has 10 aromatic carbocycles. The molecular weight excluding hydrogens is 795 g/mol. The van der Waals surface area contributed by atoms with Crippen LogP contribution < -0.4 is 9.64 Å². The van der Waals surface area contributed by atoms with Gasteiger partial charge in [-0.2, -0.15) is 0 Å². The molecular formula is C61H39NOS. The Labute approximate surface area is 376 Å². The van der Waals surface area contributed by atoms with E-state index in [1.54, 1.807) is 0 Å². The second-order valence-electron chi connectivity index (χ2n) is 16.7. The summed E-state index contributed by atoms with van der Waals surface area (Å²) < 4.78 is 9.27. The highest BCUT2D eigenvalue weighted by Gasteiger charge is 2.51. The Morgan fingerprint density at radius 2 is 0.859 bits per heavy atom. The molecule has 0 bridgehead atoms. The monoisotopic (exact) mass is 833 g/mol. The van der Waals surface area contributed by atoms with Crippen molar-refractivity contribution in [2.75, 3.05) is 4.90 Å². The van der Waals surface area contributed by atoms with Gasteiger partial charge in [0.05, 0.1) is 16.8 Å². The van der Waals surface area contributed by atoms with Gasteiger partial charge in [-0.05, 0) is 98.6 Å². The zero-order valence-corrected chi connectivity index (χ0v) is 35.6. The van der Waals surface area contributed by atoms with Gasteiger partial charge in [0.2, 0.25) is 0 Å². The number of nitrogens with zero attached hydrogens (tertiary/aromatic N) is 1. The van der Waals surface area contributed by atoms with E-state index in [2.05, 4.69) is 241 Å². The number of fused-ring (bicyclic) bond motifs is 12. The molecule has 1 aliphatic carbocycles. The number of benzene rings is 10. The van der Waals surface area contributed by atoms with E-state index < -0.39 is 5.41 Å². The smallest absolute Gasteiger partial charge is 0.132 e. The van der Waals surface area contributed by atoms with Crippen molar-refractivity contribution in [1.29, 1.82) is 0 Å². The van der Waals surface area contributed by atoms with Crippen LogP contribution in [0.2, 0.25) is 0 Å². The minimum absolute atomic E-state index is 0.604. The van der Waals surface area contributed by atoms with Crippen molar-refractivity contribution in [1.82, 2.24) is 0 Å². The van der Waals surface area contributed by atoms with E-state index in [9.17, 15) is 0 Å². The molecule has 13 rings (SSSR count). The van der Waals surface area contributed by atoms with Gasteiger partial charge in [-0.1, -0.05) is 188 Å². The Balaban J connectivity index is 1.11. The third kappa shape index (κ3) is 5.38. The minimum atomic E-state index is -0.604. The molecule has 0 saturated carbocycles. The van der Waals surface area contributed by atoms with Gasteiger partial charge in [0.15, 0.2) is 0 Å². The molecule has 1 spiro atoms. The Hall–Kier alpha value is -7.98. The molecule has 0 radical (unpaired) electrons. The van der Waals surface area contributed by atoms with Gasteiger partial charge in [-0.25, -0.2) is 0 Å². The molecule has 2 heterocycles. The van der Waals surface area contributed by atoms with Crippen LogP contribution in [-0.4, -0.2) is 0 Å². The number of rotatable bonds is 6. The Bertz CT molecular complexity index is 3580. The third-order valence-corrected chi connectivity index (χ3v) is 14.5. The van der Waals surface area contributed by atoms with Crippen LogP contribution in [0.4, 0.5) is 17.1 Å². The van der Waals surface area contributed by atoms with Crippen LogP contribution in [0.1, 0.15) is 22.3 Å². The van der Waals surface area contributed by atoms with E-state index in [4.69, 9.17) is 4.74 Å². The number of para-hydroxylation sites is 3. The van der Waals surface area contributed by atoms with Crippen LogP contribution in [0, 0.1) is 0 Å². The summed E-state index contributed by atoms with van der Waals surface area (Å²) in [4.78, 5) is 2.53. The molecule has 1 aliphatic heterocycles. The second kappa shape index (κ2) is 14.6. The zero-order valence-electron chi connectivity index (χ0n) is 34.8. The van der Waals surface area contributed by atoms with E-state index in [1.165, 1.54) is 70.2 Å². The number of hydrogen-bond acceptors (Lipinski definition) is 3. The van der Waals surface area contributed by atoms with E-state index in [1.807, 2.05) is 11.3 Å². The maximum absolute atomic E-state index is 6.73. The highest BCUT2D eigenvalue weighted by molar-refractivity contribution is 7.26. The average molecular weight is 834 g/mol. The van der Waals surface area contributed by atoms with Gasteiger partial charge in [0, 0.05) is 42.6 Å². The topological polar surface area (TPSA) is 12.5 Å². The summed E-state index contributed by atoms with van der Waals surface area (Å²) in [7, 11) is 0. The van der Waals surface area contributed by atoms with Gasteiger partial charge >= 0.3 is 0 Å². The van der Waals surface area contributed by atoms with Gasteiger partial charge in [-0.3, -0.25) is 0 Å². The summed E-state index contributed by atoms with van der Waals surface area (Å²) in [5.74, 6) is 1.77. The number of anilines is 3. The lowest BCUT2D eigenvalue weighted by atomic mass is 9.66. The van der Waals surface area contributed by atoms with Crippen LogP contribution in [0.25, 0.3) is 64.7 Å². The summed E-state index contributed by atoms with van der Waals surface area (Å²) in [6, 6.07) is 86.5. The Kier molecular flexibility index (Phi) is 8.34. The fraction of sp³-hybridized carbons (Fsp3) is 0.0164. The van der Waals surface area contributed by atoms with Crippen LogP contribution >= 0.6 is 11.3 Å². The van der Waals surface area contributed by atoms with Crippen LogP contribution in [0.15, 0.2) is 237 Å². The first-order valence-corrected chi connectivity index (χ1v) is 22.7. The van der Waals surface area contributed by atoms with Gasteiger partial charge in [0.25, 0.3) is 0 Å². The molecule has 300 valence electrons. The summed E-state index contributed by atoms with van der Waals surface area (Å²) in [5.41, 5.74) is 17.2. The molecule has 0 N–H and O–H groups in total. The normalized spacial score (nSPS) is 12.9. The van der Waals surface area contributed by atoms with Crippen LogP contribution in [-0.2, 0) is 5.41 Å². The number of ether oxygens (including phenoxy) is 1. The van der Waals surface area contributed by atoms with Crippen LogP contribution in [0.3, 0.4) is 0 Å². The van der Waals surface area contributed by atoms with Gasteiger partial charge in [0.1, 0.15) is 11.5 Å². The molecule has 0 atom stereocenters. The molecule has 0 saturated heterocycles. The van der Waals surface area contributed by atoms with E-state index in [0.29, 0.717) is 0 Å². The lowest BCUT2D eigenvalue weighted by Gasteiger charge is -2.39. The third-order valence-electron chi connectivity index (χ3n) is 13.4. The molecule has 0 fully saturated rings. The van der Waals surface area contributed by atoms with Crippen molar-refractivity contribution in [3.8, 4) is 56.0 Å². The standard InChI is InChI=1S/C61H39NOS/c1-2-19-40(20-3-1)42-21-4-5-22-43(42)44-23-6-7-24-45(44)48-26-9-14-31-54(48)62(55-32-18-36-59-60(55)49-27-10-17-35-58(49)64-59)41-37-38-47-46-25-8-11-28-50(46)61(53(47)39-41)51-29-12-15-33-56(51)63-57-34-16-13-30-52(57)61/h1-39H. The molecule has 0 unspecified atom stereocenters. The molecule has 1 aromatic heterocycles. The number of hydrogen-bond donors (Lipinski definition) is 0. The van der Waals surface area contributed by atoms with Crippen LogP contribution in [0.5, 0.6) is 11.5 Å². The first-order valence-electron chi connectivity index (χ1n) is 21.9. The van der Waals surface area contributed by atoms with Gasteiger partial charge in [-0.15, -0.1) is 11.3 Å². The lowest BCUT2D eigenvalue weighted by molar-refractivity contribution is 0.436. The van der Waals surface area contributed by atoms with Crippen molar-refractivity contribution in [3.05, 3.63) is 259 Å². The van der Waals surface area contributed by atoms with Crippen molar-refractivity contribution in [2.45, 2.75) is 5.41 Å². The van der Waals surface area contributed by atoms with E-state index in [0.717, 1.165) is 45.3 Å². The predicted molar refractivity (Wildman–Crippen MR) is 268 cm³/mol. The fourth-order valence-electron chi connectivity index (χ4n) is 10.8. The summed E-state index contributed by atoms with van der Waals surface area (Å²) in [5, 5.41) is 2.51. The fourth-order valence-corrected chi connectivity index (χ4v) is 11.9. The molecule has 2 aliphatic rings. The predicted octanol–water partition coefficient (Wildman–Crippen LogP) is 17.0. The Morgan fingerprint density at radius 3 is 1.61 bits per heavy atom. The largest absolute Gasteiger partial charge is 0.457 e. The highest BCUT2D eigenvalue weighted by atomic mass is 32.1. The molecule has 0 amide bonds. The van der Waals surface area contributed by atoms with E-state index >= 15 is 0 Å². The van der Waals surface area contributed by atoms with E-state index in [-0.39, 0.29) is 0 Å². The maximum Gasteiger partial charge on any atom is 0.132 e. The average Bonchev–Trinajstić information content (AvgIpc) is 3.89. The lowest BCUT2D eigenvalue weighted by Crippen LogP contribution is -2.32. The van der Waals surface area contributed by atoms with Gasteiger partial charge < -0.3 is 9.64 Å². The first-order chi connectivity index (χ1) is 31.8. The second-order valence-corrected chi connectivity index (χ2v) is 17.8. The molecule has 11 aromatic rings. The molecule has 64 heavy (non-hydrogen) atoms. The maximum atomic E-state index is 6.73. The molecule has 3 heteroatoms. The van der Waals surface area contributed by atoms with Crippen molar-refractivity contribution in [2.24, 2.45) is 0 Å². The summed E-state index contributed by atoms with van der Waals surface area (Å²) in [6.45, 7) is 0. The van der Waals surface area contributed by atoms with Crippen molar-refractivity contribution < 1.29 is 4.74 Å². The molecule has 2 nitrogen and oxygen atoms in total. The summed E-state index contributed by atoms with van der Waals surface area (Å²) >= 11 is 1.86. The van der Waals surface area contributed by atoms with Crippen molar-refractivity contribution >= 4 is 48.6 Å².